The van der Waals surface area contributed by atoms with Crippen molar-refractivity contribution >= 4 is 50.7 Å². The van der Waals surface area contributed by atoms with E-state index < -0.39 is 9.84 Å². The van der Waals surface area contributed by atoms with Gasteiger partial charge in [-0.3, -0.25) is 9.69 Å². The summed E-state index contributed by atoms with van der Waals surface area (Å²) in [5.41, 5.74) is 0. The molecule has 2 saturated heterocycles. The summed E-state index contributed by atoms with van der Waals surface area (Å²) in [4.78, 5) is 17.3. The normalized spacial score (nSPS) is 23.8. The van der Waals surface area contributed by atoms with E-state index in [4.69, 9.17) is 23.2 Å². The van der Waals surface area contributed by atoms with Gasteiger partial charge in [0.25, 0.3) is 0 Å². The molecule has 25 heavy (non-hydrogen) atoms. The standard InChI is InChI=1S/C16H20Cl2N2O3S2/c17-12-1-2-14(18)15(9-12)24-10-16(21)20-6-4-19(5-7-20)13-3-8-25(22,23)11-13/h1-2,9,13H,3-8,10-11H2. The minimum absolute atomic E-state index is 0.0692. The van der Waals surface area contributed by atoms with E-state index in [1.165, 1.54) is 11.8 Å². The highest BCUT2D eigenvalue weighted by Crippen LogP contribution is 2.30. The number of hydrogen-bond acceptors (Lipinski definition) is 5. The fraction of sp³-hybridized carbons (Fsp3) is 0.562. The summed E-state index contributed by atoms with van der Waals surface area (Å²) in [5, 5.41) is 1.19. The van der Waals surface area contributed by atoms with E-state index in [1.54, 1.807) is 18.2 Å². The summed E-state index contributed by atoms with van der Waals surface area (Å²) in [6.45, 7) is 2.74. The first-order valence-corrected chi connectivity index (χ1v) is 11.7. The van der Waals surface area contributed by atoms with Crippen LogP contribution in [0, 0.1) is 0 Å². The predicted octanol–water partition coefficient (Wildman–Crippen LogP) is 2.42. The van der Waals surface area contributed by atoms with Gasteiger partial charge in [-0.25, -0.2) is 8.42 Å². The fourth-order valence-corrected chi connectivity index (χ4v) is 6.38. The van der Waals surface area contributed by atoms with Gasteiger partial charge in [-0.15, -0.1) is 11.8 Å². The molecule has 0 spiro atoms. The van der Waals surface area contributed by atoms with Gasteiger partial charge in [0.2, 0.25) is 5.91 Å². The number of amides is 1. The lowest BCUT2D eigenvalue weighted by molar-refractivity contribution is -0.130. The number of halogens is 2. The van der Waals surface area contributed by atoms with Crippen LogP contribution in [0.1, 0.15) is 6.42 Å². The van der Waals surface area contributed by atoms with Crippen molar-refractivity contribution in [3.05, 3.63) is 28.2 Å². The largest absolute Gasteiger partial charge is 0.339 e. The van der Waals surface area contributed by atoms with Gasteiger partial charge < -0.3 is 4.90 Å². The molecule has 0 bridgehead atoms. The molecule has 2 fully saturated rings. The average molecular weight is 423 g/mol. The summed E-state index contributed by atoms with van der Waals surface area (Å²) in [5.74, 6) is 0.926. The van der Waals surface area contributed by atoms with Crippen LogP contribution >= 0.6 is 35.0 Å². The molecule has 1 unspecified atom stereocenters. The van der Waals surface area contributed by atoms with E-state index in [1.807, 2.05) is 4.90 Å². The summed E-state index contributed by atoms with van der Waals surface area (Å²) in [7, 11) is -2.87. The number of piperazine rings is 1. The van der Waals surface area contributed by atoms with Gasteiger partial charge >= 0.3 is 0 Å². The van der Waals surface area contributed by atoms with Crippen molar-refractivity contribution in [2.75, 3.05) is 43.4 Å². The SMILES string of the molecule is O=C(CSc1cc(Cl)ccc1Cl)N1CCN(C2CCS(=O)(=O)C2)CC1. The van der Waals surface area contributed by atoms with Gasteiger partial charge in [-0.1, -0.05) is 23.2 Å². The Bertz CT molecular complexity index is 750. The Balaban J connectivity index is 1.48. The summed E-state index contributed by atoms with van der Waals surface area (Å²) >= 11 is 13.5. The average Bonchev–Trinajstić information content (AvgIpc) is 2.95. The van der Waals surface area contributed by atoms with Gasteiger partial charge in [-0.05, 0) is 24.6 Å². The highest BCUT2D eigenvalue weighted by molar-refractivity contribution is 8.00. The second-order valence-electron chi connectivity index (χ2n) is 6.34. The predicted molar refractivity (Wildman–Crippen MR) is 102 cm³/mol. The highest BCUT2D eigenvalue weighted by atomic mass is 35.5. The number of nitrogens with zero attached hydrogens (tertiary/aromatic N) is 2. The topological polar surface area (TPSA) is 57.7 Å². The quantitative estimate of drug-likeness (QED) is 0.697. The molecule has 2 aliphatic rings. The van der Waals surface area contributed by atoms with E-state index in [0.29, 0.717) is 35.3 Å². The van der Waals surface area contributed by atoms with Crippen molar-refractivity contribution < 1.29 is 13.2 Å². The smallest absolute Gasteiger partial charge is 0.233 e. The monoisotopic (exact) mass is 422 g/mol. The van der Waals surface area contributed by atoms with E-state index in [2.05, 4.69) is 4.90 Å². The summed E-state index contributed by atoms with van der Waals surface area (Å²) < 4.78 is 23.2. The molecular formula is C16H20Cl2N2O3S2. The molecule has 5 nitrogen and oxygen atoms in total. The Morgan fingerprint density at radius 2 is 1.92 bits per heavy atom. The number of thioether (sulfide) groups is 1. The van der Waals surface area contributed by atoms with Crippen molar-refractivity contribution in [2.45, 2.75) is 17.4 Å². The van der Waals surface area contributed by atoms with Crippen molar-refractivity contribution in [2.24, 2.45) is 0 Å². The molecule has 1 aromatic rings. The molecule has 1 atom stereocenters. The number of sulfone groups is 1. The molecule has 0 saturated carbocycles. The van der Waals surface area contributed by atoms with Crippen LogP contribution < -0.4 is 0 Å². The lowest BCUT2D eigenvalue weighted by Crippen LogP contribution is -2.52. The molecule has 0 aromatic heterocycles. The van der Waals surface area contributed by atoms with E-state index in [9.17, 15) is 13.2 Å². The maximum absolute atomic E-state index is 12.4. The number of carbonyl (C=O) groups excluding carboxylic acids is 1. The Labute approximate surface area is 162 Å². The van der Waals surface area contributed by atoms with Crippen molar-refractivity contribution in [1.82, 2.24) is 9.80 Å². The van der Waals surface area contributed by atoms with E-state index in [-0.39, 0.29) is 23.5 Å². The third-order valence-corrected chi connectivity index (χ3v) is 8.10. The van der Waals surface area contributed by atoms with Crippen LogP contribution in [0.5, 0.6) is 0 Å². The minimum atomic E-state index is -2.87. The molecule has 2 aliphatic heterocycles. The molecular weight excluding hydrogens is 403 g/mol. The number of benzene rings is 1. The van der Waals surface area contributed by atoms with Gasteiger partial charge in [0.05, 0.1) is 22.3 Å². The second-order valence-corrected chi connectivity index (χ2v) is 10.4. The Morgan fingerprint density at radius 3 is 2.56 bits per heavy atom. The maximum atomic E-state index is 12.4. The molecule has 138 valence electrons. The first-order chi connectivity index (χ1) is 11.8. The van der Waals surface area contributed by atoms with Crippen molar-refractivity contribution in [3.63, 3.8) is 0 Å². The maximum Gasteiger partial charge on any atom is 0.233 e. The zero-order chi connectivity index (χ0) is 18.0. The van der Waals surface area contributed by atoms with Crippen LogP contribution in [-0.2, 0) is 14.6 Å². The molecule has 0 aliphatic carbocycles. The molecule has 9 heteroatoms. The number of carbonyl (C=O) groups is 1. The van der Waals surface area contributed by atoms with Crippen LogP contribution in [0.3, 0.4) is 0 Å². The number of hydrogen-bond donors (Lipinski definition) is 0. The molecule has 0 radical (unpaired) electrons. The Hall–Kier alpha value is -0.470. The third kappa shape index (κ3) is 5.04. The van der Waals surface area contributed by atoms with Gasteiger partial charge in [0, 0.05) is 42.1 Å². The number of rotatable bonds is 4. The van der Waals surface area contributed by atoms with Gasteiger partial charge in [0.15, 0.2) is 9.84 Å². The third-order valence-electron chi connectivity index (χ3n) is 4.64. The molecule has 3 rings (SSSR count). The van der Waals surface area contributed by atoms with Crippen LogP contribution in [0.25, 0.3) is 0 Å². The van der Waals surface area contributed by atoms with E-state index >= 15 is 0 Å². The first-order valence-electron chi connectivity index (χ1n) is 8.14. The van der Waals surface area contributed by atoms with Crippen molar-refractivity contribution in [3.8, 4) is 0 Å². The fourth-order valence-electron chi connectivity index (χ4n) is 3.22. The Kier molecular flexibility index (Phi) is 6.21. The molecule has 0 N–H and O–H groups in total. The van der Waals surface area contributed by atoms with Crippen LogP contribution in [-0.4, -0.2) is 73.6 Å². The Morgan fingerprint density at radius 1 is 1.20 bits per heavy atom. The van der Waals surface area contributed by atoms with Crippen LogP contribution in [0.2, 0.25) is 10.0 Å². The minimum Gasteiger partial charge on any atom is -0.339 e. The zero-order valence-corrected chi connectivity index (χ0v) is 16.8. The molecule has 2 heterocycles. The lowest BCUT2D eigenvalue weighted by atomic mass is 10.2. The van der Waals surface area contributed by atoms with Gasteiger partial charge in [0.1, 0.15) is 0 Å². The first kappa shape index (κ1) is 19.3. The van der Waals surface area contributed by atoms with Crippen molar-refractivity contribution in [1.29, 1.82) is 0 Å². The van der Waals surface area contributed by atoms with Crippen LogP contribution in [0.4, 0.5) is 0 Å². The summed E-state index contributed by atoms with van der Waals surface area (Å²) in [6.07, 6.45) is 0.708. The van der Waals surface area contributed by atoms with Crippen LogP contribution in [0.15, 0.2) is 23.1 Å². The zero-order valence-electron chi connectivity index (χ0n) is 13.7. The lowest BCUT2D eigenvalue weighted by Gasteiger charge is -2.37. The summed E-state index contributed by atoms with van der Waals surface area (Å²) in [6, 6.07) is 5.32. The molecule has 1 amide bonds. The van der Waals surface area contributed by atoms with E-state index in [0.717, 1.165) is 18.0 Å². The highest BCUT2D eigenvalue weighted by Gasteiger charge is 2.34. The van der Waals surface area contributed by atoms with Gasteiger partial charge in [-0.2, -0.15) is 0 Å². The molecule has 1 aromatic carbocycles. The second kappa shape index (κ2) is 8.05.